The average Bonchev–Trinajstić information content (AvgIpc) is 2.46. The number of hydrogen-bond donors (Lipinski definition) is 1. The summed E-state index contributed by atoms with van der Waals surface area (Å²) in [6, 6.07) is 12.5. The molecule has 2 rings (SSSR count). The molecule has 0 fully saturated rings. The first-order valence-corrected chi connectivity index (χ1v) is 8.25. The Morgan fingerprint density at radius 1 is 1.09 bits per heavy atom. The number of fused-ring (bicyclic) bond motifs is 1. The first kappa shape index (κ1) is 16.4. The van der Waals surface area contributed by atoms with E-state index in [1.54, 1.807) is 26.8 Å². The molecule has 1 N–H and O–H groups in total. The lowest BCUT2D eigenvalue weighted by molar-refractivity contribution is -0.148. The summed E-state index contributed by atoms with van der Waals surface area (Å²) < 4.78 is 22.6. The molecule has 0 aliphatic heterocycles. The third kappa shape index (κ3) is 4.26. The normalized spacial score (nSPS) is 13.0. The number of rotatable bonds is 6. The van der Waals surface area contributed by atoms with Gasteiger partial charge in [0.25, 0.3) is 0 Å². The van der Waals surface area contributed by atoms with E-state index < -0.39 is 20.2 Å². The van der Waals surface area contributed by atoms with Gasteiger partial charge in [0.05, 0.1) is 6.10 Å². The number of benzene rings is 2. The number of nitrogens with one attached hydrogen (secondary N) is 1. The molecule has 0 heterocycles. The molecule has 6 heteroatoms. The van der Waals surface area contributed by atoms with Gasteiger partial charge in [-0.3, -0.25) is 4.79 Å². The van der Waals surface area contributed by atoms with Crippen molar-refractivity contribution in [2.75, 3.05) is 0 Å². The van der Waals surface area contributed by atoms with Crippen molar-refractivity contribution in [2.45, 2.75) is 32.9 Å². The molecule has 2 aromatic rings. The van der Waals surface area contributed by atoms with E-state index in [1.165, 1.54) is 0 Å². The number of hydrogen-bond acceptors (Lipinski definition) is 4. The first-order valence-electron chi connectivity index (χ1n) is 7.07. The Kier molecular flexibility index (Phi) is 5.47. The molecule has 0 spiro atoms. The van der Waals surface area contributed by atoms with Crippen LogP contribution < -0.4 is 9.61 Å². The van der Waals surface area contributed by atoms with E-state index in [0.29, 0.717) is 5.75 Å². The highest BCUT2D eigenvalue weighted by atomic mass is 31.1. The van der Waals surface area contributed by atoms with Gasteiger partial charge >= 0.3 is 14.1 Å². The van der Waals surface area contributed by atoms with Crippen molar-refractivity contribution in [1.29, 1.82) is 0 Å². The van der Waals surface area contributed by atoms with Crippen LogP contribution in [0.4, 0.5) is 0 Å². The highest BCUT2D eigenvalue weighted by molar-refractivity contribution is 7.37. The summed E-state index contributed by atoms with van der Waals surface area (Å²) in [6.45, 7) is 5.11. The van der Waals surface area contributed by atoms with Gasteiger partial charge in [-0.05, 0) is 32.2 Å². The monoisotopic (exact) mass is 320 g/mol. The van der Waals surface area contributed by atoms with Gasteiger partial charge in [-0.1, -0.05) is 41.5 Å². The predicted molar refractivity (Wildman–Crippen MR) is 86.0 cm³/mol. The van der Waals surface area contributed by atoms with Crippen molar-refractivity contribution in [3.8, 4) is 5.75 Å². The van der Waals surface area contributed by atoms with Crippen LogP contribution in [0.15, 0.2) is 42.5 Å². The summed E-state index contributed by atoms with van der Waals surface area (Å²) in [6.07, 6.45) is -0.214. The fraction of sp³-hybridized carbons (Fsp3) is 0.312. The summed E-state index contributed by atoms with van der Waals surface area (Å²) >= 11 is 0. The second kappa shape index (κ2) is 7.34. The number of carbonyl (C=O) groups is 1. The Morgan fingerprint density at radius 2 is 1.77 bits per heavy atom. The highest BCUT2D eigenvalue weighted by Gasteiger charge is 2.29. The van der Waals surface area contributed by atoms with Gasteiger partial charge < -0.3 is 4.74 Å². The molecule has 0 saturated heterocycles. The van der Waals surface area contributed by atoms with Gasteiger partial charge in [0, 0.05) is 9.95 Å². The van der Waals surface area contributed by atoms with E-state index in [4.69, 9.17) is 9.26 Å². The summed E-state index contributed by atoms with van der Waals surface area (Å²) in [5.74, 6) is 0.0519. The zero-order chi connectivity index (χ0) is 16.1. The van der Waals surface area contributed by atoms with Crippen LogP contribution in [0.5, 0.6) is 5.75 Å². The molecule has 0 aliphatic carbocycles. The van der Waals surface area contributed by atoms with Crippen molar-refractivity contribution in [1.82, 2.24) is 5.09 Å². The third-order valence-corrected chi connectivity index (χ3v) is 3.90. The molecular formula is C16H19NO4P+. The number of carbonyl (C=O) groups excluding carboxylic acids is 1. The minimum absolute atomic E-state index is 0.214. The Balaban J connectivity index is 2.04. The van der Waals surface area contributed by atoms with Crippen molar-refractivity contribution in [3.63, 3.8) is 0 Å². The standard InChI is InChI=1S/C16H19NO4P/c1-11(2)20-16(18)12(3)17-22(19)21-15-10-6-8-13-7-4-5-9-14(13)15/h4-12H,1-3H3,(H,17,19)/q+1/t12-/m0/s1. The molecule has 1 unspecified atom stereocenters. The summed E-state index contributed by atoms with van der Waals surface area (Å²) in [5, 5.41) is 4.47. The average molecular weight is 320 g/mol. The van der Waals surface area contributed by atoms with Gasteiger partial charge in [0.15, 0.2) is 5.75 Å². The van der Waals surface area contributed by atoms with Gasteiger partial charge in [0.1, 0.15) is 6.04 Å². The van der Waals surface area contributed by atoms with Crippen molar-refractivity contribution >= 4 is 24.9 Å². The molecule has 2 atom stereocenters. The van der Waals surface area contributed by atoms with Gasteiger partial charge in [-0.25, -0.2) is 4.52 Å². The van der Waals surface area contributed by atoms with Crippen LogP contribution in [0, 0.1) is 0 Å². The van der Waals surface area contributed by atoms with Crippen molar-refractivity contribution in [2.24, 2.45) is 0 Å². The second-order valence-electron chi connectivity index (χ2n) is 5.16. The topological polar surface area (TPSA) is 64.6 Å². The second-order valence-corrected chi connectivity index (χ2v) is 6.12. The minimum Gasteiger partial charge on any atom is -0.462 e. The highest BCUT2D eigenvalue weighted by Crippen LogP contribution is 2.31. The van der Waals surface area contributed by atoms with Gasteiger partial charge in [-0.2, -0.15) is 0 Å². The number of ether oxygens (including phenoxy) is 1. The SMILES string of the molecule is CC(C)OC(=O)[C@H](C)N[P+](=O)Oc1cccc2ccccc12. The van der Waals surface area contributed by atoms with E-state index in [0.717, 1.165) is 10.8 Å². The summed E-state index contributed by atoms with van der Waals surface area (Å²) in [4.78, 5) is 11.7. The fourth-order valence-corrected chi connectivity index (χ4v) is 2.75. The van der Waals surface area contributed by atoms with Crippen LogP contribution >= 0.6 is 8.18 Å². The molecule has 0 aromatic heterocycles. The van der Waals surface area contributed by atoms with E-state index in [9.17, 15) is 9.36 Å². The van der Waals surface area contributed by atoms with E-state index >= 15 is 0 Å². The van der Waals surface area contributed by atoms with Crippen LogP contribution in [0.25, 0.3) is 10.8 Å². The molecule has 0 saturated carbocycles. The molecule has 0 radical (unpaired) electrons. The zero-order valence-corrected chi connectivity index (χ0v) is 13.7. The molecule has 22 heavy (non-hydrogen) atoms. The first-order chi connectivity index (χ1) is 10.5. The molecule has 2 aromatic carbocycles. The smallest absolute Gasteiger partial charge is 0.462 e. The molecule has 5 nitrogen and oxygen atoms in total. The fourth-order valence-electron chi connectivity index (χ4n) is 1.94. The van der Waals surface area contributed by atoms with E-state index in [-0.39, 0.29) is 6.10 Å². The lowest BCUT2D eigenvalue weighted by atomic mass is 10.1. The van der Waals surface area contributed by atoms with E-state index in [2.05, 4.69) is 5.09 Å². The van der Waals surface area contributed by atoms with Crippen LogP contribution in [0.2, 0.25) is 0 Å². The van der Waals surface area contributed by atoms with Crippen molar-refractivity contribution < 1.29 is 18.6 Å². The Hall–Kier alpha value is -1.97. The Bertz CT molecular complexity index is 681. The van der Waals surface area contributed by atoms with Crippen LogP contribution in [-0.4, -0.2) is 18.1 Å². The molecule has 0 aliphatic rings. The molecule has 116 valence electrons. The van der Waals surface area contributed by atoms with Gasteiger partial charge in [0.2, 0.25) is 0 Å². The molecular weight excluding hydrogens is 301 g/mol. The van der Waals surface area contributed by atoms with Crippen LogP contribution in [-0.2, 0) is 14.1 Å². The minimum atomic E-state index is -2.23. The molecule has 0 amide bonds. The summed E-state index contributed by atoms with van der Waals surface area (Å²) in [7, 11) is -2.23. The molecule has 0 bridgehead atoms. The number of esters is 1. The lowest BCUT2D eigenvalue weighted by Crippen LogP contribution is -2.33. The van der Waals surface area contributed by atoms with Gasteiger partial charge in [-0.15, -0.1) is 0 Å². The Labute approximate surface area is 130 Å². The maximum atomic E-state index is 12.1. The zero-order valence-electron chi connectivity index (χ0n) is 12.8. The van der Waals surface area contributed by atoms with Crippen LogP contribution in [0.3, 0.4) is 0 Å². The maximum absolute atomic E-state index is 12.1. The maximum Gasteiger partial charge on any atom is 0.664 e. The lowest BCUT2D eigenvalue weighted by Gasteiger charge is -2.10. The predicted octanol–water partition coefficient (Wildman–Crippen LogP) is 3.81. The largest absolute Gasteiger partial charge is 0.664 e. The van der Waals surface area contributed by atoms with E-state index in [1.807, 2.05) is 36.4 Å². The van der Waals surface area contributed by atoms with Crippen molar-refractivity contribution in [3.05, 3.63) is 42.5 Å². The third-order valence-electron chi connectivity index (χ3n) is 2.94. The summed E-state index contributed by atoms with van der Waals surface area (Å²) in [5.41, 5.74) is 0. The van der Waals surface area contributed by atoms with Crippen LogP contribution in [0.1, 0.15) is 20.8 Å². The Morgan fingerprint density at radius 3 is 2.50 bits per heavy atom. The quantitative estimate of drug-likeness (QED) is 0.648.